The molecule has 0 unspecified atom stereocenters. The van der Waals surface area contributed by atoms with Gasteiger partial charge in [-0.25, -0.2) is 13.1 Å². The Labute approximate surface area is 165 Å². The molecule has 0 bridgehead atoms. The molecule has 1 aromatic rings. The molecule has 0 aliphatic carbocycles. The van der Waals surface area contributed by atoms with E-state index in [2.05, 4.69) is 4.72 Å². The predicted molar refractivity (Wildman–Crippen MR) is 103 cm³/mol. The zero-order valence-electron chi connectivity index (χ0n) is 16.1. The van der Waals surface area contributed by atoms with E-state index in [1.807, 2.05) is 0 Å². The summed E-state index contributed by atoms with van der Waals surface area (Å²) in [6.45, 7) is 2.21. The van der Waals surface area contributed by atoms with Crippen LogP contribution in [0.25, 0.3) is 0 Å². The van der Waals surface area contributed by atoms with Crippen molar-refractivity contribution in [2.24, 2.45) is 5.92 Å². The van der Waals surface area contributed by atoms with Gasteiger partial charge in [-0.15, -0.1) is 0 Å². The topological polar surface area (TPSA) is 96.0 Å². The van der Waals surface area contributed by atoms with Gasteiger partial charge < -0.3 is 14.5 Å². The lowest BCUT2D eigenvalue weighted by molar-refractivity contribution is -0.139. The average Bonchev–Trinajstić information content (AvgIpc) is 3.11. The van der Waals surface area contributed by atoms with Gasteiger partial charge in [0.2, 0.25) is 21.8 Å². The summed E-state index contributed by atoms with van der Waals surface area (Å²) >= 11 is 0. The molecule has 154 valence electrons. The lowest BCUT2D eigenvalue weighted by Crippen LogP contribution is -2.47. The summed E-state index contributed by atoms with van der Waals surface area (Å²) in [6, 6.07) is 6.22. The van der Waals surface area contributed by atoms with E-state index in [1.54, 1.807) is 21.9 Å². The van der Waals surface area contributed by atoms with Crippen LogP contribution in [0.3, 0.4) is 0 Å². The van der Waals surface area contributed by atoms with Gasteiger partial charge in [0.25, 0.3) is 0 Å². The first-order valence-electron chi connectivity index (χ1n) is 9.58. The van der Waals surface area contributed by atoms with Crippen molar-refractivity contribution in [3.63, 3.8) is 0 Å². The highest BCUT2D eigenvalue weighted by atomic mass is 32.2. The van der Waals surface area contributed by atoms with E-state index in [4.69, 9.17) is 4.74 Å². The summed E-state index contributed by atoms with van der Waals surface area (Å²) in [5, 5.41) is 0. The number of benzene rings is 1. The second-order valence-corrected chi connectivity index (χ2v) is 9.06. The van der Waals surface area contributed by atoms with Crippen LogP contribution in [0.15, 0.2) is 29.2 Å². The van der Waals surface area contributed by atoms with Crippen molar-refractivity contribution in [2.75, 3.05) is 39.8 Å². The molecular formula is C19H27N3O5S. The van der Waals surface area contributed by atoms with Crippen LogP contribution in [0.4, 0.5) is 0 Å². The molecule has 9 heteroatoms. The molecule has 1 atom stereocenters. The first-order valence-corrected chi connectivity index (χ1v) is 11.1. The molecule has 0 spiro atoms. The Morgan fingerprint density at radius 3 is 2.61 bits per heavy atom. The summed E-state index contributed by atoms with van der Waals surface area (Å²) in [6.07, 6.45) is 3.01. The first-order chi connectivity index (χ1) is 13.4. The van der Waals surface area contributed by atoms with Crippen LogP contribution < -0.4 is 9.46 Å². The lowest BCUT2D eigenvalue weighted by Gasteiger charge is -2.33. The lowest BCUT2D eigenvalue weighted by atomic mass is 9.98. The van der Waals surface area contributed by atoms with Crippen molar-refractivity contribution in [1.82, 2.24) is 14.5 Å². The van der Waals surface area contributed by atoms with Crippen LogP contribution in [0.1, 0.15) is 25.7 Å². The van der Waals surface area contributed by atoms with E-state index < -0.39 is 10.0 Å². The van der Waals surface area contributed by atoms with Crippen LogP contribution >= 0.6 is 0 Å². The summed E-state index contributed by atoms with van der Waals surface area (Å²) in [5.41, 5.74) is 0. The number of rotatable bonds is 7. The molecule has 2 heterocycles. The van der Waals surface area contributed by atoms with E-state index >= 15 is 0 Å². The zero-order valence-corrected chi connectivity index (χ0v) is 16.9. The van der Waals surface area contributed by atoms with Crippen molar-refractivity contribution in [1.29, 1.82) is 0 Å². The Bertz CT molecular complexity index is 809. The van der Waals surface area contributed by atoms with Crippen LogP contribution in [0.2, 0.25) is 0 Å². The van der Waals surface area contributed by atoms with Gasteiger partial charge >= 0.3 is 0 Å². The molecule has 2 saturated heterocycles. The highest BCUT2D eigenvalue weighted by molar-refractivity contribution is 7.89. The van der Waals surface area contributed by atoms with Gasteiger partial charge in [-0.3, -0.25) is 9.59 Å². The summed E-state index contributed by atoms with van der Waals surface area (Å²) < 4.78 is 32.7. The number of methoxy groups -OCH3 is 1. The third-order valence-corrected chi connectivity index (χ3v) is 6.74. The smallest absolute Gasteiger partial charge is 0.242 e. The second kappa shape index (κ2) is 8.91. The maximum absolute atomic E-state index is 12.5. The Balaban J connectivity index is 1.52. The molecule has 0 saturated carbocycles. The Kier molecular flexibility index (Phi) is 6.56. The fourth-order valence-corrected chi connectivity index (χ4v) is 4.77. The van der Waals surface area contributed by atoms with Crippen LogP contribution in [-0.4, -0.2) is 69.9 Å². The number of carbonyl (C=O) groups is 2. The molecular weight excluding hydrogens is 382 g/mol. The SMILES string of the molecule is COc1ccc(S(=O)(=O)NC[C@H]2CCCN(C(=O)CN3CCCC3=O)C2)cc1. The fraction of sp³-hybridized carbons (Fsp3) is 0.579. The van der Waals surface area contributed by atoms with Gasteiger partial charge in [0.15, 0.2) is 0 Å². The number of likely N-dealkylation sites (tertiary alicyclic amines) is 2. The van der Waals surface area contributed by atoms with Crippen LogP contribution in [-0.2, 0) is 19.6 Å². The Hall–Kier alpha value is -2.13. The third kappa shape index (κ3) is 5.02. The highest BCUT2D eigenvalue weighted by Gasteiger charge is 2.28. The number of hydrogen-bond donors (Lipinski definition) is 1. The zero-order chi connectivity index (χ0) is 20.1. The monoisotopic (exact) mass is 409 g/mol. The minimum Gasteiger partial charge on any atom is -0.497 e. The standard InChI is InChI=1S/C19H27N3O5S/c1-27-16-6-8-17(9-7-16)28(25,26)20-12-15-4-2-10-21(13-15)19(24)14-22-11-3-5-18(22)23/h6-9,15,20H,2-5,10-14H2,1H3/t15-/m1/s1. The van der Waals surface area contributed by atoms with Gasteiger partial charge in [-0.1, -0.05) is 0 Å². The van der Waals surface area contributed by atoms with Crippen molar-refractivity contribution < 1.29 is 22.7 Å². The molecule has 8 nitrogen and oxygen atoms in total. The Morgan fingerprint density at radius 1 is 1.21 bits per heavy atom. The van der Waals surface area contributed by atoms with Crippen molar-refractivity contribution >= 4 is 21.8 Å². The maximum Gasteiger partial charge on any atom is 0.242 e. The van der Waals surface area contributed by atoms with Gasteiger partial charge in [0, 0.05) is 32.6 Å². The quantitative estimate of drug-likeness (QED) is 0.720. The van der Waals surface area contributed by atoms with Crippen LogP contribution in [0.5, 0.6) is 5.75 Å². The number of hydrogen-bond acceptors (Lipinski definition) is 5. The van der Waals surface area contributed by atoms with Gasteiger partial charge in [-0.05, 0) is 49.4 Å². The Morgan fingerprint density at radius 2 is 1.96 bits per heavy atom. The minimum absolute atomic E-state index is 0.0363. The molecule has 0 radical (unpaired) electrons. The van der Waals surface area contributed by atoms with Crippen molar-refractivity contribution in [3.8, 4) is 5.75 Å². The molecule has 2 amide bonds. The molecule has 0 aromatic heterocycles. The van der Waals surface area contributed by atoms with E-state index in [1.165, 1.54) is 19.2 Å². The summed E-state index contributed by atoms with van der Waals surface area (Å²) in [4.78, 5) is 27.8. The molecule has 2 fully saturated rings. The minimum atomic E-state index is -3.61. The first kappa shape index (κ1) is 20.6. The molecule has 2 aliphatic rings. The number of piperidine rings is 1. The van der Waals surface area contributed by atoms with E-state index in [0.717, 1.165) is 19.3 Å². The predicted octanol–water partition coefficient (Wildman–Crippen LogP) is 0.835. The summed E-state index contributed by atoms with van der Waals surface area (Å²) in [5.74, 6) is 0.629. The number of carbonyl (C=O) groups excluding carboxylic acids is 2. The third-order valence-electron chi connectivity index (χ3n) is 5.30. The molecule has 2 aliphatic heterocycles. The highest BCUT2D eigenvalue weighted by Crippen LogP contribution is 2.19. The maximum atomic E-state index is 12.5. The number of sulfonamides is 1. The fourth-order valence-electron chi connectivity index (χ4n) is 3.66. The van der Waals surface area contributed by atoms with E-state index in [9.17, 15) is 18.0 Å². The molecule has 3 rings (SSSR count). The average molecular weight is 410 g/mol. The van der Waals surface area contributed by atoms with Crippen molar-refractivity contribution in [3.05, 3.63) is 24.3 Å². The van der Waals surface area contributed by atoms with Gasteiger partial charge in [0.1, 0.15) is 5.75 Å². The number of ether oxygens (including phenoxy) is 1. The largest absolute Gasteiger partial charge is 0.497 e. The van der Waals surface area contributed by atoms with E-state index in [-0.39, 0.29) is 35.7 Å². The van der Waals surface area contributed by atoms with Crippen molar-refractivity contribution in [2.45, 2.75) is 30.6 Å². The summed E-state index contributed by atoms with van der Waals surface area (Å²) in [7, 11) is -2.08. The normalized spacial score (nSPS) is 20.5. The van der Waals surface area contributed by atoms with Gasteiger partial charge in [0.05, 0.1) is 18.6 Å². The van der Waals surface area contributed by atoms with Crippen LogP contribution in [0, 0.1) is 5.92 Å². The number of nitrogens with one attached hydrogen (secondary N) is 1. The number of amides is 2. The number of nitrogens with zero attached hydrogens (tertiary/aromatic N) is 2. The molecule has 1 aromatic carbocycles. The van der Waals surface area contributed by atoms with Gasteiger partial charge in [-0.2, -0.15) is 0 Å². The second-order valence-electron chi connectivity index (χ2n) is 7.29. The molecule has 28 heavy (non-hydrogen) atoms. The van der Waals surface area contributed by atoms with E-state index in [0.29, 0.717) is 31.8 Å². The molecule has 1 N–H and O–H groups in total.